The molecule has 0 atom stereocenters. The van der Waals surface area contributed by atoms with E-state index in [-0.39, 0.29) is 5.78 Å². The Morgan fingerprint density at radius 1 is 1.19 bits per heavy atom. The number of carbonyl (C=O) groups is 1. The molecule has 0 bridgehead atoms. The number of thiophene rings is 1. The van der Waals surface area contributed by atoms with Crippen molar-refractivity contribution >= 4 is 43.1 Å². The van der Waals surface area contributed by atoms with Gasteiger partial charge < -0.3 is 0 Å². The lowest BCUT2D eigenvalue weighted by Gasteiger charge is -2.06. The van der Waals surface area contributed by atoms with Crippen molar-refractivity contribution in [3.63, 3.8) is 0 Å². The quantitative estimate of drug-likeness (QED) is 0.548. The third-order valence-corrected chi connectivity index (χ3v) is 5.66. The molecule has 0 N–H and O–H groups in total. The van der Waals surface area contributed by atoms with Gasteiger partial charge in [0.2, 0.25) is 0 Å². The first-order chi connectivity index (χ1) is 10.1. The Kier molecular flexibility index (Phi) is 3.96. The zero-order chi connectivity index (χ0) is 15.0. The van der Waals surface area contributed by atoms with Gasteiger partial charge in [-0.3, -0.25) is 4.79 Å². The van der Waals surface area contributed by atoms with Crippen molar-refractivity contribution in [2.45, 2.75) is 20.3 Å². The van der Waals surface area contributed by atoms with Crippen LogP contribution in [0.1, 0.15) is 27.0 Å². The SMILES string of the molecule is Cc1ccc(C)c(CC(=O)c2csc3c(Br)cccc23)c1. The van der Waals surface area contributed by atoms with E-state index in [1.807, 2.05) is 23.6 Å². The van der Waals surface area contributed by atoms with Crippen LogP contribution in [0, 0.1) is 13.8 Å². The van der Waals surface area contributed by atoms with Crippen molar-refractivity contribution in [1.29, 1.82) is 0 Å². The molecule has 0 saturated carbocycles. The predicted octanol–water partition coefficient (Wildman–Crippen LogP) is 5.71. The third-order valence-electron chi connectivity index (χ3n) is 3.71. The van der Waals surface area contributed by atoms with Crippen molar-refractivity contribution < 1.29 is 4.79 Å². The Bertz CT molecular complexity index is 832. The summed E-state index contributed by atoms with van der Waals surface area (Å²) >= 11 is 5.17. The maximum absolute atomic E-state index is 12.7. The summed E-state index contributed by atoms with van der Waals surface area (Å²) in [5.74, 6) is 0.188. The number of aryl methyl sites for hydroxylation is 2. The van der Waals surface area contributed by atoms with Gasteiger partial charge >= 0.3 is 0 Å². The van der Waals surface area contributed by atoms with Crippen LogP contribution < -0.4 is 0 Å². The van der Waals surface area contributed by atoms with Crippen LogP contribution in [0.25, 0.3) is 10.1 Å². The fraction of sp³-hybridized carbons (Fsp3) is 0.167. The van der Waals surface area contributed by atoms with Gasteiger partial charge in [-0.15, -0.1) is 11.3 Å². The molecule has 3 heteroatoms. The lowest BCUT2D eigenvalue weighted by Crippen LogP contribution is -2.04. The van der Waals surface area contributed by atoms with Gasteiger partial charge in [0.25, 0.3) is 0 Å². The van der Waals surface area contributed by atoms with Crippen LogP contribution in [0.5, 0.6) is 0 Å². The minimum atomic E-state index is 0.188. The van der Waals surface area contributed by atoms with E-state index in [1.54, 1.807) is 11.3 Å². The summed E-state index contributed by atoms with van der Waals surface area (Å²) in [6, 6.07) is 12.3. The summed E-state index contributed by atoms with van der Waals surface area (Å²) in [5, 5.41) is 3.02. The number of halogens is 1. The van der Waals surface area contributed by atoms with Crippen LogP contribution in [-0.2, 0) is 6.42 Å². The summed E-state index contributed by atoms with van der Waals surface area (Å²) < 4.78 is 2.19. The second-order valence-corrected chi connectivity index (χ2v) is 7.03. The summed E-state index contributed by atoms with van der Waals surface area (Å²) in [4.78, 5) is 12.7. The number of benzene rings is 2. The van der Waals surface area contributed by atoms with Crippen LogP contribution in [0.3, 0.4) is 0 Å². The van der Waals surface area contributed by atoms with Gasteiger partial charge in [0.15, 0.2) is 5.78 Å². The highest BCUT2D eigenvalue weighted by molar-refractivity contribution is 9.10. The Morgan fingerprint density at radius 2 is 2.00 bits per heavy atom. The normalized spacial score (nSPS) is 11.0. The van der Waals surface area contributed by atoms with Crippen LogP contribution in [-0.4, -0.2) is 5.78 Å². The van der Waals surface area contributed by atoms with Crippen molar-refractivity contribution in [2.75, 3.05) is 0 Å². The molecular formula is C18H15BrOS. The Balaban J connectivity index is 1.98. The van der Waals surface area contributed by atoms with E-state index in [9.17, 15) is 4.79 Å². The van der Waals surface area contributed by atoms with Crippen LogP contribution in [0.4, 0.5) is 0 Å². The van der Waals surface area contributed by atoms with Gasteiger partial charge in [0.05, 0.1) is 0 Å². The lowest BCUT2D eigenvalue weighted by molar-refractivity contribution is 0.0994. The molecule has 1 aromatic heterocycles. The monoisotopic (exact) mass is 358 g/mol. The van der Waals surface area contributed by atoms with Crippen molar-refractivity contribution in [3.05, 3.63) is 68.5 Å². The molecular weight excluding hydrogens is 344 g/mol. The lowest BCUT2D eigenvalue weighted by atomic mass is 9.97. The number of carbonyl (C=O) groups excluding carboxylic acids is 1. The molecule has 0 radical (unpaired) electrons. The summed E-state index contributed by atoms with van der Waals surface area (Å²) in [6.45, 7) is 4.12. The van der Waals surface area contributed by atoms with E-state index in [0.717, 1.165) is 25.7 Å². The van der Waals surface area contributed by atoms with Crippen LogP contribution in [0.2, 0.25) is 0 Å². The highest BCUT2D eigenvalue weighted by atomic mass is 79.9. The molecule has 106 valence electrons. The minimum absolute atomic E-state index is 0.188. The number of hydrogen-bond acceptors (Lipinski definition) is 2. The zero-order valence-electron chi connectivity index (χ0n) is 11.9. The van der Waals surface area contributed by atoms with E-state index < -0.39 is 0 Å². The molecule has 0 amide bonds. The molecule has 0 aliphatic rings. The Labute approximate surface area is 136 Å². The first kappa shape index (κ1) is 14.5. The number of hydrogen-bond donors (Lipinski definition) is 0. The van der Waals surface area contributed by atoms with E-state index in [1.165, 1.54) is 11.1 Å². The molecule has 0 spiro atoms. The molecule has 2 aromatic carbocycles. The van der Waals surface area contributed by atoms with Crippen molar-refractivity contribution in [2.24, 2.45) is 0 Å². The average molecular weight is 359 g/mol. The van der Waals surface area contributed by atoms with Crippen molar-refractivity contribution in [1.82, 2.24) is 0 Å². The second kappa shape index (κ2) is 5.74. The van der Waals surface area contributed by atoms with E-state index >= 15 is 0 Å². The van der Waals surface area contributed by atoms with Gasteiger partial charge in [0.1, 0.15) is 0 Å². The van der Waals surface area contributed by atoms with Crippen LogP contribution >= 0.6 is 27.3 Å². The standard InChI is InChI=1S/C18H15BrOS/c1-11-6-7-12(2)13(8-11)9-17(20)15-10-21-18-14(15)4-3-5-16(18)19/h3-8,10H,9H2,1-2H3. The van der Waals surface area contributed by atoms with Crippen molar-refractivity contribution in [3.8, 4) is 0 Å². The second-order valence-electron chi connectivity index (χ2n) is 5.30. The summed E-state index contributed by atoms with van der Waals surface area (Å²) in [6.07, 6.45) is 0.464. The molecule has 0 aliphatic carbocycles. The molecule has 1 nitrogen and oxygen atoms in total. The van der Waals surface area contributed by atoms with E-state index in [4.69, 9.17) is 0 Å². The maximum Gasteiger partial charge on any atom is 0.168 e. The first-order valence-corrected chi connectivity index (χ1v) is 8.48. The highest BCUT2D eigenvalue weighted by Gasteiger charge is 2.15. The van der Waals surface area contributed by atoms with Crippen LogP contribution in [0.15, 0.2) is 46.3 Å². The molecule has 3 aromatic rings. The molecule has 1 heterocycles. The number of Topliss-reactive ketones (excluding diaryl/α,β-unsaturated/α-hetero) is 1. The average Bonchev–Trinajstić information content (AvgIpc) is 2.88. The van der Waals surface area contributed by atoms with Gasteiger partial charge in [0, 0.05) is 31.9 Å². The zero-order valence-corrected chi connectivity index (χ0v) is 14.3. The number of fused-ring (bicyclic) bond motifs is 1. The molecule has 0 aliphatic heterocycles. The smallest absolute Gasteiger partial charge is 0.168 e. The number of rotatable bonds is 3. The molecule has 21 heavy (non-hydrogen) atoms. The van der Waals surface area contributed by atoms with Gasteiger partial charge in [-0.1, -0.05) is 35.9 Å². The molecule has 0 fully saturated rings. The predicted molar refractivity (Wildman–Crippen MR) is 93.5 cm³/mol. The highest BCUT2D eigenvalue weighted by Crippen LogP contribution is 2.33. The fourth-order valence-electron chi connectivity index (χ4n) is 2.50. The van der Waals surface area contributed by atoms with E-state index in [0.29, 0.717) is 6.42 Å². The van der Waals surface area contributed by atoms with Gasteiger partial charge in [-0.25, -0.2) is 0 Å². The largest absolute Gasteiger partial charge is 0.294 e. The summed E-state index contributed by atoms with van der Waals surface area (Å²) in [5.41, 5.74) is 4.32. The summed E-state index contributed by atoms with van der Waals surface area (Å²) in [7, 11) is 0. The molecule has 0 unspecified atom stereocenters. The molecule has 3 rings (SSSR count). The topological polar surface area (TPSA) is 17.1 Å². The van der Waals surface area contributed by atoms with Gasteiger partial charge in [-0.2, -0.15) is 0 Å². The van der Waals surface area contributed by atoms with Gasteiger partial charge in [-0.05, 0) is 47.0 Å². The Hall–Kier alpha value is -1.45. The Morgan fingerprint density at radius 3 is 2.81 bits per heavy atom. The fourth-order valence-corrected chi connectivity index (χ4v) is 4.12. The maximum atomic E-state index is 12.7. The third kappa shape index (κ3) is 2.81. The molecule has 0 saturated heterocycles. The number of ketones is 1. The minimum Gasteiger partial charge on any atom is -0.294 e. The van der Waals surface area contributed by atoms with E-state index in [2.05, 4.69) is 48.0 Å². The first-order valence-electron chi connectivity index (χ1n) is 6.81.